The Hall–Kier alpha value is 0.307. The molecule has 0 saturated heterocycles. The predicted octanol–water partition coefficient (Wildman–Crippen LogP) is -5.29. The summed E-state index contributed by atoms with van der Waals surface area (Å²) in [5.41, 5.74) is -5.77. The van der Waals surface area contributed by atoms with Crippen LogP contribution < -0.4 is 45.5 Å². The molecule has 0 aliphatic heterocycles. The molecule has 0 aromatic carbocycles. The fourth-order valence-corrected chi connectivity index (χ4v) is 12.4. The van der Waals surface area contributed by atoms with Crippen LogP contribution in [0.15, 0.2) is 0 Å². The van der Waals surface area contributed by atoms with Crippen LogP contribution >= 0.6 is 0 Å². The number of aliphatic hydroxyl groups is 9. The van der Waals surface area contributed by atoms with Crippen LogP contribution in [0.1, 0.15) is 116 Å². The Bertz CT molecular complexity index is 1600. The van der Waals surface area contributed by atoms with Crippen LogP contribution in [0.3, 0.4) is 0 Å². The summed E-state index contributed by atoms with van der Waals surface area (Å²) in [5.74, 6) is -3.57. The third-order valence-electron chi connectivity index (χ3n) is 12.7. The van der Waals surface area contributed by atoms with Crippen LogP contribution in [-0.4, -0.2) is 257 Å². The summed E-state index contributed by atoms with van der Waals surface area (Å²) in [5, 5.41) is 102. The van der Waals surface area contributed by atoms with E-state index in [9.17, 15) is 84.9 Å². The van der Waals surface area contributed by atoms with Crippen molar-refractivity contribution < 1.29 is 132 Å². The molecule has 0 rings (SSSR count). The van der Waals surface area contributed by atoms with Crippen molar-refractivity contribution in [1.82, 2.24) is 16.0 Å². The number of rotatable bonds is 51. The van der Waals surface area contributed by atoms with Crippen molar-refractivity contribution in [3.63, 3.8) is 0 Å². The van der Waals surface area contributed by atoms with E-state index in [1.54, 1.807) is 0 Å². The van der Waals surface area contributed by atoms with Crippen molar-refractivity contribution in [2.45, 2.75) is 157 Å². The summed E-state index contributed by atoms with van der Waals surface area (Å²) in [4.78, 5) is 0. The zero-order valence-corrected chi connectivity index (χ0v) is 50.1. The van der Waals surface area contributed by atoms with Gasteiger partial charge in [-0.05, 0) is 12.8 Å². The van der Waals surface area contributed by atoms with Gasteiger partial charge in [0.2, 0.25) is 0 Å². The van der Waals surface area contributed by atoms with Gasteiger partial charge in [-0.25, -0.2) is 16.8 Å². The molecule has 0 fully saturated rings. The van der Waals surface area contributed by atoms with Crippen molar-refractivity contribution in [3.8, 4) is 0 Å². The van der Waals surface area contributed by atoms with Crippen LogP contribution in [0.4, 0.5) is 0 Å². The van der Waals surface area contributed by atoms with E-state index in [4.69, 9.17) is 13.3 Å². The minimum Gasteiger partial charge on any atom is -0.748 e. The van der Waals surface area contributed by atoms with Crippen LogP contribution in [0.2, 0.25) is 6.04 Å². The third kappa shape index (κ3) is 37.3. The Morgan fingerprint density at radius 2 is 0.757 bits per heavy atom. The van der Waals surface area contributed by atoms with Crippen molar-refractivity contribution in [2.24, 2.45) is 0 Å². The Morgan fingerprint density at radius 3 is 1.03 bits per heavy atom. The fraction of sp³-hybridized carbons (Fsp3) is 1.00. The quantitative estimate of drug-likeness (QED) is 0.0117. The topological polar surface area (TPSA) is 415 Å². The van der Waals surface area contributed by atoms with Crippen LogP contribution in [0.5, 0.6) is 0 Å². The van der Waals surface area contributed by atoms with Gasteiger partial charge >= 0.3 is 38.4 Å². The smallest absolute Gasteiger partial charge is 0.748 e. The molecule has 30 heteroatoms. The summed E-state index contributed by atoms with van der Waals surface area (Å²) in [6.45, 7) is -6.44. The molecule has 0 heterocycles. The normalized spacial score (nSPS) is 15.4. The first-order chi connectivity index (χ1) is 34.1. The van der Waals surface area contributed by atoms with E-state index in [2.05, 4.69) is 22.9 Å². The maximum absolute atomic E-state index is 11.4. The molecule has 0 aromatic heterocycles. The molecule has 13 N–H and O–H groups in total. The molecule has 3 atom stereocenters. The van der Waals surface area contributed by atoms with Gasteiger partial charge in [0.25, 0.3) is 10.1 Å². The monoisotopic (exact) mass is 1160 g/mol. The molecular formula is C44H95N4NaO21S3Si. The van der Waals surface area contributed by atoms with Crippen molar-refractivity contribution in [1.29, 1.82) is 0 Å². The van der Waals surface area contributed by atoms with E-state index >= 15 is 0 Å². The number of nitrogens with zero attached hydrogens (tertiary/aromatic N) is 1. The van der Waals surface area contributed by atoms with E-state index in [0.29, 0.717) is 11.0 Å². The number of quaternary nitrogens is 1. The van der Waals surface area contributed by atoms with Gasteiger partial charge in [-0.15, -0.1) is 0 Å². The zero-order chi connectivity index (χ0) is 55.7. The first-order valence-electron chi connectivity index (χ1n) is 25.6. The molecule has 3 unspecified atom stereocenters. The van der Waals surface area contributed by atoms with E-state index in [1.807, 2.05) is 14.1 Å². The number of β-amino-alcohol motifs (C(OH)–C–C–N with tert-alkyl or cyclic N) is 3. The molecule has 0 amide bonds. The second-order valence-corrected chi connectivity index (χ2v) is 27.6. The van der Waals surface area contributed by atoms with Gasteiger partial charge < -0.3 is 88.8 Å². The van der Waals surface area contributed by atoms with E-state index < -0.39 is 170 Å². The Morgan fingerprint density at radius 1 is 0.486 bits per heavy atom. The van der Waals surface area contributed by atoms with E-state index in [1.165, 1.54) is 77.0 Å². The maximum Gasteiger partial charge on any atom is 1.00 e. The predicted molar refractivity (Wildman–Crippen MR) is 273 cm³/mol. The molecule has 25 nitrogen and oxygen atoms in total. The molecule has 0 bridgehead atoms. The van der Waals surface area contributed by atoms with Gasteiger partial charge in [0.15, 0.2) is 0 Å². The molecular weight excluding hydrogens is 1070 g/mol. The second-order valence-electron chi connectivity index (χ2n) is 20.4. The van der Waals surface area contributed by atoms with Crippen LogP contribution in [0, 0.1) is 0 Å². The molecule has 0 aliphatic carbocycles. The SMILES string of the molecule is CCCCCCCCCCCCCCCCCC[N+](C)(C)CCC[Si](OCC(CO)(CO)NCC(O)CS(=O)(=O)[O-])(OCC(CO)(CO)NCC(O)CS(=O)(=O)[O-])OCC(CO)(CO)NCC(O)CS(=O)(=O)O.[Na+]. The van der Waals surface area contributed by atoms with Crippen LogP contribution in [0.25, 0.3) is 0 Å². The Balaban J connectivity index is 0. The first kappa shape index (κ1) is 76.4. The summed E-state index contributed by atoms with van der Waals surface area (Å²) in [6, 6.07) is -0.153. The van der Waals surface area contributed by atoms with Gasteiger partial charge in [0.05, 0.1) is 153 Å². The zero-order valence-electron chi connectivity index (χ0n) is 44.6. The third-order valence-corrected chi connectivity index (χ3v) is 17.8. The van der Waals surface area contributed by atoms with Crippen molar-refractivity contribution in [3.05, 3.63) is 0 Å². The Labute approximate surface area is 465 Å². The molecule has 0 aromatic rings. The first-order valence-corrected chi connectivity index (χ1v) is 32.3. The standard InChI is InChI=1S/C44H96N4O21S3Si.Na/c1-4-5-6-7-8-9-10-11-12-13-14-15-16-17-18-19-21-48(2,3)22-20-23-73(67-36-42(30-49,31-50)45-24-39(55)27-70(58,59)60,68-37-43(32-51,33-52)46-25-40(56)28-71(61,62)63)69-38-44(34-53,35-54)47-26-41(57)29-72(64,65)66;/h39-41,45-47,49-57H,4-38H2,1-3H3,(H2-,58,59,60,61,62,63,64,65,66);/q;+1/p-1. The average Bonchev–Trinajstić information content (AvgIpc) is 3.30. The number of nitrogens with one attached hydrogen (secondary N) is 3. The largest absolute Gasteiger partial charge is 1.00 e. The van der Waals surface area contributed by atoms with Gasteiger partial charge in [0.1, 0.15) is 5.75 Å². The molecule has 74 heavy (non-hydrogen) atoms. The summed E-state index contributed by atoms with van der Waals surface area (Å²) in [7, 11) is -15.1. The maximum atomic E-state index is 11.4. The number of aliphatic hydroxyl groups excluding tert-OH is 9. The van der Waals surface area contributed by atoms with Crippen molar-refractivity contribution in [2.75, 3.05) is 124 Å². The molecule has 0 spiro atoms. The van der Waals surface area contributed by atoms with Crippen LogP contribution in [-0.2, 0) is 43.6 Å². The molecule has 0 radical (unpaired) electrons. The number of hydrogen-bond donors (Lipinski definition) is 13. The van der Waals surface area contributed by atoms with Gasteiger partial charge in [-0.2, -0.15) is 8.42 Å². The van der Waals surface area contributed by atoms with E-state index in [-0.39, 0.29) is 42.0 Å². The molecule has 0 aliphatic rings. The number of unbranched alkanes of at least 4 members (excludes halogenated alkanes) is 15. The Kier molecular flexibility index (Phi) is 40.9. The minimum atomic E-state index is -4.92. The van der Waals surface area contributed by atoms with Gasteiger partial charge in [0, 0.05) is 32.1 Å². The summed E-state index contributed by atoms with van der Waals surface area (Å²) >= 11 is 0. The second kappa shape index (κ2) is 39.7. The average molecular weight is 1160 g/mol. The van der Waals surface area contributed by atoms with Crippen molar-refractivity contribution >= 4 is 39.2 Å². The van der Waals surface area contributed by atoms with Gasteiger partial charge in [-0.1, -0.05) is 96.8 Å². The molecule has 0 saturated carbocycles. The number of hydrogen-bond acceptors (Lipinski definition) is 23. The molecule has 440 valence electrons. The fourth-order valence-electron chi connectivity index (χ4n) is 7.82. The van der Waals surface area contributed by atoms with E-state index in [0.717, 1.165) is 32.2 Å². The summed E-state index contributed by atoms with van der Waals surface area (Å²) in [6.07, 6.45) is 14.3. The van der Waals surface area contributed by atoms with Gasteiger partial charge in [-0.3, -0.25) is 4.55 Å². The minimum absolute atomic E-state index is 0. The summed E-state index contributed by atoms with van der Waals surface area (Å²) < 4.78 is 120.